The van der Waals surface area contributed by atoms with Crippen molar-refractivity contribution in [3.05, 3.63) is 49.6 Å². The molecule has 3 heterocycles. The van der Waals surface area contributed by atoms with Crippen LogP contribution in [0, 0.1) is 13.0 Å². The number of amides is 1. The highest BCUT2D eigenvalue weighted by Crippen LogP contribution is 2.45. The fourth-order valence-electron chi connectivity index (χ4n) is 2.88. The minimum Gasteiger partial charge on any atom is -0.492 e. The SMILES string of the molecule is COc1c(CC(=O)NS(=O)(=O)c2ccsc2)c(C#[N+]c2onc(C)c2Cl)cc2c1OCO2. The molecule has 2 aromatic heterocycles. The van der Waals surface area contributed by atoms with E-state index < -0.39 is 15.9 Å². The van der Waals surface area contributed by atoms with Gasteiger partial charge in [-0.25, -0.2) is 13.1 Å². The van der Waals surface area contributed by atoms with Gasteiger partial charge in [0.1, 0.15) is 11.3 Å². The minimum absolute atomic E-state index is 0.00261. The Balaban J connectivity index is 1.72. The topological polar surface area (TPSA) is 121 Å². The number of carbonyl (C=O) groups excluding carboxylic acids is 1. The maximum Gasteiger partial charge on any atom is 0.547 e. The number of methoxy groups -OCH3 is 1. The number of hydrogen-bond donors (Lipinski definition) is 1. The van der Waals surface area contributed by atoms with Gasteiger partial charge in [0.05, 0.1) is 18.4 Å². The Kier molecular flexibility index (Phi) is 5.96. The van der Waals surface area contributed by atoms with Gasteiger partial charge >= 0.3 is 12.0 Å². The molecule has 0 saturated carbocycles. The van der Waals surface area contributed by atoms with Crippen molar-refractivity contribution in [3.63, 3.8) is 0 Å². The average Bonchev–Trinajstić information content (AvgIpc) is 3.49. The largest absolute Gasteiger partial charge is 0.547 e. The molecule has 1 aromatic carbocycles. The lowest BCUT2D eigenvalue weighted by molar-refractivity contribution is -0.118. The molecular formula is C19H15ClN3O7S2+. The van der Waals surface area contributed by atoms with Crippen LogP contribution in [0.4, 0.5) is 5.88 Å². The van der Waals surface area contributed by atoms with Crippen molar-refractivity contribution in [1.82, 2.24) is 9.88 Å². The van der Waals surface area contributed by atoms with Crippen LogP contribution in [0.2, 0.25) is 5.02 Å². The summed E-state index contributed by atoms with van der Waals surface area (Å²) in [4.78, 5) is 16.7. The first-order chi connectivity index (χ1) is 15.3. The molecule has 13 heteroatoms. The first kappa shape index (κ1) is 21.9. The van der Waals surface area contributed by atoms with E-state index in [0.717, 1.165) is 0 Å². The third-order valence-electron chi connectivity index (χ3n) is 4.37. The molecule has 0 fully saturated rings. The van der Waals surface area contributed by atoms with Crippen molar-refractivity contribution in [3.8, 4) is 23.3 Å². The normalized spacial score (nSPS) is 12.2. The Morgan fingerprint density at radius 1 is 1.44 bits per heavy atom. The maximum atomic E-state index is 12.7. The third-order valence-corrected chi connectivity index (χ3v) is 7.01. The summed E-state index contributed by atoms with van der Waals surface area (Å²) in [6.07, 6.45) is -0.371. The van der Waals surface area contributed by atoms with Crippen molar-refractivity contribution in [1.29, 1.82) is 0 Å². The molecule has 0 radical (unpaired) electrons. The van der Waals surface area contributed by atoms with Crippen LogP contribution in [0.15, 0.2) is 32.3 Å². The molecule has 0 spiro atoms. The number of sulfonamides is 1. The Labute approximate surface area is 191 Å². The van der Waals surface area contributed by atoms with Crippen LogP contribution < -0.4 is 18.9 Å². The monoisotopic (exact) mass is 496 g/mol. The lowest BCUT2D eigenvalue weighted by Gasteiger charge is -2.12. The number of rotatable bonds is 5. The second-order valence-corrected chi connectivity index (χ2v) is 9.29. The highest BCUT2D eigenvalue weighted by Gasteiger charge is 2.29. The number of aryl methyl sites for hydroxylation is 1. The molecule has 3 aromatic rings. The van der Waals surface area contributed by atoms with Crippen molar-refractivity contribution in [2.45, 2.75) is 18.2 Å². The number of aromatic nitrogens is 1. The minimum atomic E-state index is -4.01. The summed E-state index contributed by atoms with van der Waals surface area (Å²) in [6.45, 7) is 1.61. The molecule has 1 aliphatic heterocycles. The van der Waals surface area contributed by atoms with Crippen molar-refractivity contribution >= 4 is 44.8 Å². The Morgan fingerprint density at radius 3 is 2.91 bits per heavy atom. The van der Waals surface area contributed by atoms with Crippen LogP contribution in [0.5, 0.6) is 17.2 Å². The zero-order valence-electron chi connectivity index (χ0n) is 16.7. The molecule has 166 valence electrons. The van der Waals surface area contributed by atoms with E-state index in [1.807, 2.05) is 4.72 Å². The Hall–Kier alpha value is -3.27. The van der Waals surface area contributed by atoms with Crippen LogP contribution in [-0.2, 0) is 21.2 Å². The van der Waals surface area contributed by atoms with Gasteiger partial charge in [-0.3, -0.25) is 9.32 Å². The van der Waals surface area contributed by atoms with Crippen molar-refractivity contribution < 1.29 is 31.9 Å². The predicted molar refractivity (Wildman–Crippen MR) is 115 cm³/mol. The van der Waals surface area contributed by atoms with Gasteiger partial charge in [-0.15, -0.1) is 0 Å². The van der Waals surface area contributed by atoms with Gasteiger partial charge in [-0.2, -0.15) is 11.3 Å². The number of thiophene rings is 1. The lowest BCUT2D eigenvalue weighted by atomic mass is 10.0. The number of hydrogen-bond acceptors (Lipinski definition) is 9. The number of ether oxygens (including phenoxy) is 3. The van der Waals surface area contributed by atoms with Crippen LogP contribution in [0.1, 0.15) is 16.8 Å². The van der Waals surface area contributed by atoms with Crippen LogP contribution >= 0.6 is 22.9 Å². The number of nitrogens with one attached hydrogen (secondary N) is 1. The first-order valence-electron chi connectivity index (χ1n) is 8.96. The summed E-state index contributed by atoms with van der Waals surface area (Å²) in [7, 11) is -2.62. The number of benzene rings is 1. The molecule has 0 aliphatic carbocycles. The van der Waals surface area contributed by atoms with Gasteiger partial charge in [-0.1, -0.05) is 16.8 Å². The second kappa shape index (κ2) is 8.70. The quantitative estimate of drug-likeness (QED) is 0.569. The lowest BCUT2D eigenvalue weighted by Crippen LogP contribution is -2.31. The van der Waals surface area contributed by atoms with Gasteiger partial charge in [0.2, 0.25) is 18.4 Å². The van der Waals surface area contributed by atoms with Crippen LogP contribution in [-0.4, -0.2) is 33.4 Å². The van der Waals surface area contributed by atoms with Crippen LogP contribution in [0.25, 0.3) is 4.85 Å². The van der Waals surface area contributed by atoms with E-state index in [2.05, 4.69) is 16.1 Å². The first-order valence-corrected chi connectivity index (χ1v) is 11.8. The van der Waals surface area contributed by atoms with Gasteiger partial charge in [0, 0.05) is 21.9 Å². The van der Waals surface area contributed by atoms with Crippen molar-refractivity contribution in [2.24, 2.45) is 0 Å². The van der Waals surface area contributed by atoms with E-state index in [1.165, 1.54) is 29.9 Å². The van der Waals surface area contributed by atoms with E-state index in [9.17, 15) is 13.2 Å². The number of fused-ring (bicyclic) bond motifs is 1. The number of halogens is 1. The summed E-state index contributed by atoms with van der Waals surface area (Å²) in [5.41, 5.74) is 1.03. The number of nitrogens with zero attached hydrogens (tertiary/aromatic N) is 2. The van der Waals surface area contributed by atoms with E-state index in [0.29, 0.717) is 17.0 Å². The molecule has 10 nitrogen and oxygen atoms in total. The molecule has 4 rings (SSSR count). The molecule has 1 N–H and O–H groups in total. The highest BCUT2D eigenvalue weighted by atomic mass is 35.5. The molecule has 1 aliphatic rings. The average molecular weight is 497 g/mol. The summed E-state index contributed by atoms with van der Waals surface area (Å²) in [6, 6.07) is 5.69. The van der Waals surface area contributed by atoms with E-state index in [1.54, 1.807) is 18.4 Å². The zero-order chi connectivity index (χ0) is 22.9. The van der Waals surface area contributed by atoms with E-state index in [4.69, 9.17) is 30.3 Å². The van der Waals surface area contributed by atoms with E-state index in [-0.39, 0.29) is 46.1 Å². The maximum absolute atomic E-state index is 12.7. The Morgan fingerprint density at radius 2 is 2.25 bits per heavy atom. The number of carbonyl (C=O) groups is 1. The predicted octanol–water partition coefficient (Wildman–Crippen LogP) is 3.50. The zero-order valence-corrected chi connectivity index (χ0v) is 19.1. The van der Waals surface area contributed by atoms with Gasteiger partial charge in [0.25, 0.3) is 10.0 Å². The standard InChI is InChI=1S/C19H14ClN3O7S2/c1-10-16(20)19(30-22-10)21-7-11-5-14-18(29-9-28-14)17(27-2)13(11)6-15(24)23-32(25,26)12-3-4-31-8-12/h3-5,8H,6,9H2,1-2H3/p+1. The molecular weight excluding hydrogens is 482 g/mol. The fourth-order valence-corrected chi connectivity index (χ4v) is 5.00. The molecule has 0 atom stereocenters. The molecule has 0 bridgehead atoms. The molecule has 0 unspecified atom stereocenters. The molecule has 32 heavy (non-hydrogen) atoms. The summed E-state index contributed by atoms with van der Waals surface area (Å²) in [5, 5.41) is 6.95. The third kappa shape index (κ3) is 4.22. The van der Waals surface area contributed by atoms with Crippen molar-refractivity contribution in [2.75, 3.05) is 13.9 Å². The molecule has 0 saturated heterocycles. The van der Waals surface area contributed by atoms with Gasteiger partial charge in [-0.05, 0) is 18.4 Å². The Bertz CT molecular complexity index is 1360. The van der Waals surface area contributed by atoms with Crippen LogP contribution in [0.3, 0.4) is 0 Å². The second-order valence-electron chi connectivity index (χ2n) is 6.44. The fraction of sp³-hybridized carbons (Fsp3) is 0.211. The summed E-state index contributed by atoms with van der Waals surface area (Å²) >= 11 is 7.28. The summed E-state index contributed by atoms with van der Waals surface area (Å²) < 4.78 is 48.2. The highest BCUT2D eigenvalue weighted by molar-refractivity contribution is 7.90. The molecule has 1 amide bonds. The smallest absolute Gasteiger partial charge is 0.492 e. The summed E-state index contributed by atoms with van der Waals surface area (Å²) in [5.74, 6) is 0.0753. The van der Waals surface area contributed by atoms with Gasteiger partial charge < -0.3 is 14.2 Å². The van der Waals surface area contributed by atoms with E-state index >= 15 is 0 Å². The van der Waals surface area contributed by atoms with Gasteiger partial charge in [0.15, 0.2) is 16.5 Å².